The van der Waals surface area contributed by atoms with Crippen molar-refractivity contribution in [3.05, 3.63) is 47.1 Å². The molecular weight excluding hydrogens is 168 g/mol. The zero-order chi connectivity index (χ0) is 11.0. The Morgan fingerprint density at radius 1 is 0.929 bits per heavy atom. The Balaban J connectivity index is 4.49. The first-order chi connectivity index (χ1) is 6.60. The van der Waals surface area contributed by atoms with Crippen molar-refractivity contribution in [1.82, 2.24) is 0 Å². The van der Waals surface area contributed by atoms with Gasteiger partial charge in [0.1, 0.15) is 0 Å². The third kappa shape index (κ3) is 6.47. The molecule has 0 saturated heterocycles. The van der Waals surface area contributed by atoms with Crippen molar-refractivity contribution in [2.75, 3.05) is 0 Å². The predicted molar refractivity (Wildman–Crippen MR) is 66.4 cm³/mol. The van der Waals surface area contributed by atoms with Gasteiger partial charge in [-0.2, -0.15) is 0 Å². The smallest absolute Gasteiger partial charge is 0.0376 e. The Kier molecular flexibility index (Phi) is 6.82. The van der Waals surface area contributed by atoms with Crippen molar-refractivity contribution in [2.24, 2.45) is 0 Å². The van der Waals surface area contributed by atoms with Crippen LogP contribution < -0.4 is 0 Å². The number of hydrogen-bond acceptors (Lipinski definition) is 0. The zero-order valence-corrected chi connectivity index (χ0v) is 10.1. The molecule has 0 amide bonds. The molecule has 0 aromatic rings. The average molecular weight is 190 g/mol. The van der Waals surface area contributed by atoms with Crippen LogP contribution in [-0.4, -0.2) is 0 Å². The molecule has 0 rings (SSSR count). The largest absolute Gasteiger partial charge is 0.0847 e. The van der Waals surface area contributed by atoms with Crippen molar-refractivity contribution in [2.45, 2.75) is 41.0 Å². The van der Waals surface area contributed by atoms with Gasteiger partial charge in [-0.25, -0.2) is 0 Å². The van der Waals surface area contributed by atoms with Gasteiger partial charge < -0.3 is 0 Å². The van der Waals surface area contributed by atoms with Gasteiger partial charge in [0.05, 0.1) is 0 Å². The number of hydrogen-bond donors (Lipinski definition) is 0. The Morgan fingerprint density at radius 3 is 2.00 bits per heavy atom. The summed E-state index contributed by atoms with van der Waals surface area (Å²) in [6.45, 7) is 10.6. The van der Waals surface area contributed by atoms with E-state index >= 15 is 0 Å². The average Bonchev–Trinajstić information content (AvgIpc) is 2.14. The minimum absolute atomic E-state index is 1.10. The second-order valence-electron chi connectivity index (χ2n) is 3.62. The van der Waals surface area contributed by atoms with Crippen molar-refractivity contribution in [3.63, 3.8) is 0 Å². The molecule has 0 aromatic carbocycles. The summed E-state index contributed by atoms with van der Waals surface area (Å²) < 4.78 is 0. The summed E-state index contributed by atoms with van der Waals surface area (Å²) in [5, 5.41) is 0. The van der Waals surface area contributed by atoms with Crippen LogP contribution in [0.5, 0.6) is 0 Å². The first kappa shape index (κ1) is 13.0. The van der Waals surface area contributed by atoms with E-state index in [4.69, 9.17) is 0 Å². The molecule has 0 radical (unpaired) electrons. The highest BCUT2D eigenvalue weighted by Crippen LogP contribution is 2.07. The maximum Gasteiger partial charge on any atom is -0.0376 e. The molecule has 0 unspecified atom stereocenters. The number of rotatable bonds is 4. The van der Waals surface area contributed by atoms with E-state index in [0.29, 0.717) is 0 Å². The lowest BCUT2D eigenvalue weighted by Crippen LogP contribution is -1.75. The standard InChI is InChI=1S/C14H22/c1-6-8-9-13(4)11-14(5)10-12(3)7-2/h7-11H,6H2,1-5H3/b9-8-,12-7+,13-11+,14-10-. The van der Waals surface area contributed by atoms with Gasteiger partial charge in [-0.1, -0.05) is 54.0 Å². The van der Waals surface area contributed by atoms with Crippen LogP contribution in [0.15, 0.2) is 47.1 Å². The first-order valence-corrected chi connectivity index (χ1v) is 5.26. The highest BCUT2D eigenvalue weighted by atomic mass is 13.9. The fourth-order valence-corrected chi connectivity index (χ4v) is 1.20. The predicted octanol–water partition coefficient (Wildman–Crippen LogP) is 4.81. The van der Waals surface area contributed by atoms with Crippen molar-refractivity contribution in [3.8, 4) is 0 Å². The molecule has 0 atom stereocenters. The first-order valence-electron chi connectivity index (χ1n) is 5.26. The molecule has 0 aliphatic carbocycles. The summed E-state index contributed by atoms with van der Waals surface area (Å²) in [4.78, 5) is 0. The van der Waals surface area contributed by atoms with Gasteiger partial charge in [-0.15, -0.1) is 0 Å². The summed E-state index contributed by atoms with van der Waals surface area (Å²) in [6, 6.07) is 0. The van der Waals surface area contributed by atoms with Gasteiger partial charge in [-0.3, -0.25) is 0 Å². The van der Waals surface area contributed by atoms with E-state index in [-0.39, 0.29) is 0 Å². The van der Waals surface area contributed by atoms with Crippen LogP contribution in [0.1, 0.15) is 41.0 Å². The van der Waals surface area contributed by atoms with Crippen LogP contribution in [0.25, 0.3) is 0 Å². The molecule has 0 aliphatic heterocycles. The third-order valence-corrected chi connectivity index (χ3v) is 1.98. The zero-order valence-electron chi connectivity index (χ0n) is 10.1. The molecule has 0 spiro atoms. The van der Waals surface area contributed by atoms with Gasteiger partial charge in [-0.05, 0) is 34.1 Å². The van der Waals surface area contributed by atoms with Gasteiger partial charge in [0.15, 0.2) is 0 Å². The van der Waals surface area contributed by atoms with E-state index in [1.54, 1.807) is 0 Å². The minimum atomic E-state index is 1.10. The topological polar surface area (TPSA) is 0 Å². The lowest BCUT2D eigenvalue weighted by Gasteiger charge is -1.96. The van der Waals surface area contributed by atoms with Crippen molar-refractivity contribution >= 4 is 0 Å². The monoisotopic (exact) mass is 190 g/mol. The molecule has 0 saturated carbocycles. The minimum Gasteiger partial charge on any atom is -0.0847 e. The fraction of sp³-hybridized carbons (Fsp3) is 0.429. The Bertz CT molecular complexity index is 272. The highest BCUT2D eigenvalue weighted by molar-refractivity contribution is 5.32. The summed E-state index contributed by atoms with van der Waals surface area (Å²) >= 11 is 0. The summed E-state index contributed by atoms with van der Waals surface area (Å²) in [7, 11) is 0. The summed E-state index contributed by atoms with van der Waals surface area (Å²) in [5.74, 6) is 0. The molecular formula is C14H22. The number of allylic oxidation sites excluding steroid dienone is 8. The Labute approximate surface area is 88.7 Å². The Hall–Kier alpha value is -1.04. The van der Waals surface area contributed by atoms with E-state index in [2.05, 4.69) is 65.0 Å². The Morgan fingerprint density at radius 2 is 1.50 bits per heavy atom. The summed E-state index contributed by atoms with van der Waals surface area (Å²) in [5.41, 5.74) is 3.93. The molecule has 78 valence electrons. The summed E-state index contributed by atoms with van der Waals surface area (Å²) in [6.07, 6.45) is 12.0. The molecule has 0 aromatic heterocycles. The quantitative estimate of drug-likeness (QED) is 0.558. The van der Waals surface area contributed by atoms with E-state index in [1.807, 2.05) is 0 Å². The molecule has 0 nitrogen and oxygen atoms in total. The van der Waals surface area contributed by atoms with Crippen LogP contribution in [0.4, 0.5) is 0 Å². The molecule has 0 fully saturated rings. The molecule has 0 aliphatic rings. The molecule has 0 bridgehead atoms. The lowest BCUT2D eigenvalue weighted by molar-refractivity contribution is 1.22. The van der Waals surface area contributed by atoms with Crippen LogP contribution in [0, 0.1) is 0 Å². The highest BCUT2D eigenvalue weighted by Gasteiger charge is 1.86. The maximum absolute atomic E-state index is 2.21. The molecule has 0 heteroatoms. The second-order valence-corrected chi connectivity index (χ2v) is 3.62. The van der Waals surface area contributed by atoms with Gasteiger partial charge >= 0.3 is 0 Å². The van der Waals surface area contributed by atoms with E-state index in [0.717, 1.165) is 6.42 Å². The molecule has 0 heterocycles. The van der Waals surface area contributed by atoms with Crippen LogP contribution in [0.3, 0.4) is 0 Å². The van der Waals surface area contributed by atoms with Gasteiger partial charge in [0.2, 0.25) is 0 Å². The van der Waals surface area contributed by atoms with E-state index in [1.165, 1.54) is 16.7 Å². The SMILES string of the molecule is C/C=C(C)/C=C(C)\C=C(C)\C=C/CC. The van der Waals surface area contributed by atoms with Crippen LogP contribution in [0.2, 0.25) is 0 Å². The molecule has 14 heavy (non-hydrogen) atoms. The third-order valence-electron chi connectivity index (χ3n) is 1.98. The van der Waals surface area contributed by atoms with Crippen LogP contribution >= 0.6 is 0 Å². The normalized spacial score (nSPS) is 15.4. The van der Waals surface area contributed by atoms with Gasteiger partial charge in [0.25, 0.3) is 0 Å². The van der Waals surface area contributed by atoms with Crippen LogP contribution in [-0.2, 0) is 0 Å². The molecule has 0 N–H and O–H groups in total. The van der Waals surface area contributed by atoms with Gasteiger partial charge in [0, 0.05) is 0 Å². The van der Waals surface area contributed by atoms with E-state index in [9.17, 15) is 0 Å². The second kappa shape index (κ2) is 7.37. The fourth-order valence-electron chi connectivity index (χ4n) is 1.20. The maximum atomic E-state index is 2.21. The van der Waals surface area contributed by atoms with E-state index < -0.39 is 0 Å². The van der Waals surface area contributed by atoms with Crippen molar-refractivity contribution < 1.29 is 0 Å². The lowest BCUT2D eigenvalue weighted by atomic mass is 10.1. The van der Waals surface area contributed by atoms with Crippen molar-refractivity contribution in [1.29, 1.82) is 0 Å².